The Hall–Kier alpha value is -5.50. The van der Waals surface area contributed by atoms with E-state index in [0.29, 0.717) is 69.8 Å². The normalized spacial score (nSPS) is 34.6. The first kappa shape index (κ1) is 68.0. The number of Topliss-reactive ketones (excluding diaryl/α,β-unsaturated/α-hetero) is 3. The zero-order valence-electron chi connectivity index (χ0n) is 52.5. The van der Waals surface area contributed by atoms with Crippen molar-refractivity contribution >= 4 is 35.2 Å². The molecule has 2 aromatic carbocycles. The molecule has 1 saturated carbocycles. The Kier molecular flexibility index (Phi) is 24.2. The number of allylic oxidation sites excluding steroid dienone is 6. The van der Waals surface area contributed by atoms with Gasteiger partial charge in [0, 0.05) is 69.6 Å². The minimum atomic E-state index is -2.47. The number of ketones is 3. The Morgan fingerprint density at radius 3 is 2.06 bits per heavy atom. The van der Waals surface area contributed by atoms with E-state index >= 15 is 0 Å². The van der Waals surface area contributed by atoms with Crippen molar-refractivity contribution in [3.05, 3.63) is 119 Å². The summed E-state index contributed by atoms with van der Waals surface area (Å²) in [5, 5.41) is 23.7. The fourth-order valence-electron chi connectivity index (χ4n) is 13.1. The maximum absolute atomic E-state index is 14.8. The van der Waals surface area contributed by atoms with E-state index in [2.05, 4.69) is 0 Å². The first-order valence-electron chi connectivity index (χ1n) is 31.1. The van der Waals surface area contributed by atoms with Crippen LogP contribution in [0.4, 0.5) is 0 Å². The monoisotopic (exact) mass is 1190 g/mol. The van der Waals surface area contributed by atoms with Gasteiger partial charge in [0.05, 0.1) is 31.5 Å². The highest BCUT2D eigenvalue weighted by Crippen LogP contribution is 2.44. The molecule has 4 heterocycles. The number of benzene rings is 2. The standard InChI is InChI=1S/C69H95NO16/c1-43-23-15-12-16-24-44(2)57(79-9)39-53-32-30-49(7)68(78,86-53)63(74)64(75)70-34-22-21-29-54(70)65(76)84-58(40-55(71)45(3)36-48(6)61(73)62(81-11)60(72)47(5)35-43)46(4)37-50-31-33-56(59(38-50)80-10)85-66(77)67(8)41-82-69(83-42-67,51-25-17-13-18-26-51)52-27-19-14-20-28-52/h12-20,23-28,36,43,45-47,49-50,53-54,56-59,61-62,73,78H,21-22,29-35,37-42H2,1-11H3/b16-12?,23-15+,44-24?,48-36+/t43-,45-,46-,47-,49-,50+,53+,54+,56-,57+,58+,59-,61-,62+,68-/m1/s1. The first-order chi connectivity index (χ1) is 41.0. The van der Waals surface area contributed by atoms with Gasteiger partial charge < -0.3 is 53.0 Å². The van der Waals surface area contributed by atoms with Crippen LogP contribution in [0.2, 0.25) is 0 Å². The summed E-state index contributed by atoms with van der Waals surface area (Å²) in [6, 6.07) is 18.0. The molecule has 472 valence electrons. The summed E-state index contributed by atoms with van der Waals surface area (Å²) < 4.78 is 49.6. The van der Waals surface area contributed by atoms with E-state index in [9.17, 15) is 39.0 Å². The number of carbonyl (C=O) groups is 6. The summed E-state index contributed by atoms with van der Waals surface area (Å²) in [4.78, 5) is 87.5. The van der Waals surface area contributed by atoms with Crippen molar-refractivity contribution in [2.75, 3.05) is 41.1 Å². The lowest BCUT2D eigenvalue weighted by molar-refractivity contribution is -0.288. The van der Waals surface area contributed by atoms with Crippen molar-refractivity contribution in [1.82, 2.24) is 4.90 Å². The second-order valence-corrected chi connectivity index (χ2v) is 25.5. The summed E-state index contributed by atoms with van der Waals surface area (Å²) >= 11 is 0. The predicted octanol–water partition coefficient (Wildman–Crippen LogP) is 9.69. The van der Waals surface area contributed by atoms with Gasteiger partial charge in [-0.3, -0.25) is 24.0 Å². The molecule has 0 spiro atoms. The van der Waals surface area contributed by atoms with Gasteiger partial charge in [-0.2, -0.15) is 0 Å². The van der Waals surface area contributed by atoms with Crippen LogP contribution in [0.15, 0.2) is 108 Å². The van der Waals surface area contributed by atoms with Crippen molar-refractivity contribution in [1.29, 1.82) is 0 Å². The van der Waals surface area contributed by atoms with Crippen LogP contribution in [0, 0.1) is 40.9 Å². The molecule has 0 radical (unpaired) electrons. The molecule has 0 unspecified atom stereocenters. The van der Waals surface area contributed by atoms with Crippen molar-refractivity contribution < 1.29 is 76.9 Å². The van der Waals surface area contributed by atoms with E-state index in [-0.39, 0.29) is 56.0 Å². The van der Waals surface area contributed by atoms with Gasteiger partial charge in [-0.05, 0) is 114 Å². The lowest BCUT2D eigenvalue weighted by Crippen LogP contribution is -2.61. The Bertz CT molecular complexity index is 2710. The van der Waals surface area contributed by atoms with E-state index in [1.165, 1.54) is 12.0 Å². The maximum Gasteiger partial charge on any atom is 0.329 e. The highest BCUT2D eigenvalue weighted by Gasteiger charge is 2.54. The molecule has 17 nitrogen and oxygen atoms in total. The fraction of sp³-hybridized carbons (Fsp3) is 0.623. The van der Waals surface area contributed by atoms with E-state index in [1.807, 2.05) is 119 Å². The van der Waals surface area contributed by atoms with Crippen molar-refractivity contribution in [3.8, 4) is 0 Å². The van der Waals surface area contributed by atoms with E-state index in [0.717, 1.165) is 16.7 Å². The number of rotatable bonds is 10. The minimum absolute atomic E-state index is 0.00774. The quantitative estimate of drug-likeness (QED) is 0.128. The van der Waals surface area contributed by atoms with Crippen LogP contribution in [0.25, 0.3) is 0 Å². The zero-order chi connectivity index (χ0) is 62.5. The van der Waals surface area contributed by atoms with Crippen LogP contribution in [0.1, 0.15) is 144 Å². The van der Waals surface area contributed by atoms with Gasteiger partial charge in [0.2, 0.25) is 11.6 Å². The third-order valence-electron chi connectivity index (χ3n) is 18.7. The van der Waals surface area contributed by atoms with Crippen LogP contribution in [0.5, 0.6) is 0 Å². The minimum Gasteiger partial charge on any atom is -0.460 e. The molecule has 1 amide bonds. The van der Waals surface area contributed by atoms with Gasteiger partial charge in [-0.15, -0.1) is 0 Å². The van der Waals surface area contributed by atoms with Crippen LogP contribution in [-0.4, -0.2) is 146 Å². The molecule has 2 aromatic rings. The number of nitrogens with zero attached hydrogens (tertiary/aromatic N) is 1. The van der Waals surface area contributed by atoms with Crippen molar-refractivity contribution in [2.45, 2.75) is 193 Å². The van der Waals surface area contributed by atoms with Gasteiger partial charge in [0.25, 0.3) is 11.7 Å². The number of aliphatic hydroxyl groups excluding tert-OH is 1. The molecule has 4 fully saturated rings. The van der Waals surface area contributed by atoms with Crippen LogP contribution >= 0.6 is 0 Å². The Morgan fingerprint density at radius 1 is 0.767 bits per heavy atom. The highest BCUT2D eigenvalue weighted by atomic mass is 16.7. The molecule has 15 atom stereocenters. The van der Waals surface area contributed by atoms with Crippen LogP contribution in [0.3, 0.4) is 0 Å². The third-order valence-corrected chi connectivity index (χ3v) is 18.7. The third kappa shape index (κ3) is 16.2. The fourth-order valence-corrected chi connectivity index (χ4v) is 13.1. The van der Waals surface area contributed by atoms with Crippen molar-refractivity contribution in [2.24, 2.45) is 40.9 Å². The molecule has 1 aliphatic carbocycles. The molecule has 17 heteroatoms. The van der Waals surface area contributed by atoms with Gasteiger partial charge in [-0.1, -0.05) is 132 Å². The molecular formula is C69H95NO16. The number of amides is 1. The lowest BCUT2D eigenvalue weighted by Gasteiger charge is -2.45. The van der Waals surface area contributed by atoms with Gasteiger partial charge in [0.1, 0.15) is 41.7 Å². The molecule has 4 aliphatic heterocycles. The Morgan fingerprint density at radius 2 is 1.43 bits per heavy atom. The van der Waals surface area contributed by atoms with Gasteiger partial charge in [-0.25, -0.2) is 4.79 Å². The van der Waals surface area contributed by atoms with Gasteiger partial charge >= 0.3 is 11.9 Å². The van der Waals surface area contributed by atoms with Crippen LogP contribution in [-0.2, 0) is 72.4 Å². The number of aliphatic hydroxyl groups is 2. The largest absolute Gasteiger partial charge is 0.460 e. The van der Waals surface area contributed by atoms with E-state index in [4.69, 9.17) is 37.9 Å². The molecule has 3 saturated heterocycles. The number of fused-ring (bicyclic) bond motifs is 3. The number of carbonyl (C=O) groups excluding carboxylic acids is 6. The molecule has 5 aliphatic rings. The Balaban J connectivity index is 1.11. The average molecular weight is 1190 g/mol. The number of cyclic esters (lactones) is 1. The SMILES string of the molecule is CO[C@H]1C[C@@H]2CC[C@@H](C)[C@@](O)(O2)C(=O)C(=O)N2CCCC[C@H]2C(=O)O[C@H]([C@H](C)C[C@@H]2CC[C@@H](OC(=O)C3(C)COC(c4ccccc4)(c4ccccc4)OC3)[C@H](OC)C2)CC(=O)[C@H](C)/C=C(\C)[C@@H](O)[C@@H](OC)C(=O)[C@H](C)C[C@H](C)/C=C/C=CC=C1C. The Labute approximate surface area is 509 Å². The zero-order valence-corrected chi connectivity index (χ0v) is 52.5. The smallest absolute Gasteiger partial charge is 0.329 e. The summed E-state index contributed by atoms with van der Waals surface area (Å²) in [6.45, 7) is 14.5. The molecule has 7 rings (SSSR count). The molecule has 2 N–H and O–H groups in total. The van der Waals surface area contributed by atoms with E-state index < -0.39 is 113 Å². The van der Waals surface area contributed by atoms with Crippen LogP contribution < -0.4 is 0 Å². The summed E-state index contributed by atoms with van der Waals surface area (Å²) in [7, 11) is 4.53. The van der Waals surface area contributed by atoms with Gasteiger partial charge in [0.15, 0.2) is 5.78 Å². The van der Waals surface area contributed by atoms with Crippen molar-refractivity contribution in [3.63, 3.8) is 0 Å². The highest BCUT2D eigenvalue weighted by molar-refractivity contribution is 6.39. The number of esters is 2. The predicted molar refractivity (Wildman–Crippen MR) is 323 cm³/mol. The molecule has 0 aromatic heterocycles. The number of hydrogen-bond donors (Lipinski definition) is 2. The topological polar surface area (TPSA) is 220 Å². The second kappa shape index (κ2) is 30.6. The number of piperidine rings is 1. The summed E-state index contributed by atoms with van der Waals surface area (Å²) in [5.41, 5.74) is 1.69. The maximum atomic E-state index is 14.8. The summed E-state index contributed by atoms with van der Waals surface area (Å²) in [6.07, 6.45) is 10.1. The number of hydrogen-bond acceptors (Lipinski definition) is 16. The number of ether oxygens (including phenoxy) is 8. The molecule has 86 heavy (non-hydrogen) atoms. The van der Waals surface area contributed by atoms with E-state index in [1.54, 1.807) is 48.0 Å². The number of methoxy groups -OCH3 is 3. The second-order valence-electron chi connectivity index (χ2n) is 25.5. The average Bonchev–Trinajstić information content (AvgIpc) is 0.886. The summed E-state index contributed by atoms with van der Waals surface area (Å²) in [5.74, 6) is -10.2. The lowest BCUT2D eigenvalue weighted by atomic mass is 9.78. The molecular weight excluding hydrogens is 1100 g/mol. The molecule has 2 bridgehead atoms. The first-order valence-corrected chi connectivity index (χ1v) is 31.1.